The number of anilines is 1. The molecule has 2 unspecified atom stereocenters. The molecular formula is C10H17N3S. The molecule has 3 nitrogen and oxygen atoms in total. The highest BCUT2D eigenvalue weighted by Crippen LogP contribution is 2.25. The third-order valence-corrected chi connectivity index (χ3v) is 3.66. The fourth-order valence-corrected chi connectivity index (χ4v) is 2.66. The number of rotatable bonds is 3. The van der Waals surface area contributed by atoms with Crippen molar-refractivity contribution in [1.29, 1.82) is 0 Å². The highest BCUT2D eigenvalue weighted by molar-refractivity contribution is 7.13. The SMILES string of the molecule is Cc1csc(NCC2CCC(N)C2)n1. The van der Waals surface area contributed by atoms with Crippen molar-refractivity contribution in [2.24, 2.45) is 11.7 Å². The molecule has 14 heavy (non-hydrogen) atoms. The summed E-state index contributed by atoms with van der Waals surface area (Å²) < 4.78 is 0. The summed E-state index contributed by atoms with van der Waals surface area (Å²) in [5.74, 6) is 0.745. The Bertz CT molecular complexity index is 297. The van der Waals surface area contributed by atoms with Crippen LogP contribution in [0.25, 0.3) is 0 Å². The highest BCUT2D eigenvalue weighted by Gasteiger charge is 2.21. The van der Waals surface area contributed by atoms with Gasteiger partial charge < -0.3 is 11.1 Å². The second-order valence-electron chi connectivity index (χ2n) is 4.11. The fraction of sp³-hybridized carbons (Fsp3) is 0.700. The third-order valence-electron chi connectivity index (χ3n) is 2.74. The summed E-state index contributed by atoms with van der Waals surface area (Å²) in [4.78, 5) is 4.37. The minimum atomic E-state index is 0.430. The van der Waals surface area contributed by atoms with Crippen LogP contribution in [-0.4, -0.2) is 17.6 Å². The van der Waals surface area contributed by atoms with E-state index in [9.17, 15) is 0 Å². The first-order chi connectivity index (χ1) is 6.74. The number of hydrogen-bond acceptors (Lipinski definition) is 4. The van der Waals surface area contributed by atoms with Gasteiger partial charge in [0.2, 0.25) is 0 Å². The second-order valence-corrected chi connectivity index (χ2v) is 4.97. The van der Waals surface area contributed by atoms with E-state index < -0.39 is 0 Å². The average molecular weight is 211 g/mol. The average Bonchev–Trinajstić information content (AvgIpc) is 2.72. The van der Waals surface area contributed by atoms with Crippen molar-refractivity contribution in [2.45, 2.75) is 32.2 Å². The molecule has 1 fully saturated rings. The van der Waals surface area contributed by atoms with Gasteiger partial charge in [0.05, 0.1) is 5.69 Å². The van der Waals surface area contributed by atoms with E-state index in [0.29, 0.717) is 6.04 Å². The zero-order valence-corrected chi connectivity index (χ0v) is 9.31. The van der Waals surface area contributed by atoms with Crippen molar-refractivity contribution >= 4 is 16.5 Å². The van der Waals surface area contributed by atoms with Gasteiger partial charge in [-0.05, 0) is 32.1 Å². The number of hydrogen-bond donors (Lipinski definition) is 2. The monoisotopic (exact) mass is 211 g/mol. The van der Waals surface area contributed by atoms with Crippen LogP contribution < -0.4 is 11.1 Å². The molecule has 1 saturated carbocycles. The van der Waals surface area contributed by atoms with Crippen LogP contribution in [0.2, 0.25) is 0 Å². The van der Waals surface area contributed by atoms with Crippen LogP contribution in [-0.2, 0) is 0 Å². The van der Waals surface area contributed by atoms with Crippen LogP contribution in [0.4, 0.5) is 5.13 Å². The van der Waals surface area contributed by atoms with Crippen LogP contribution in [0.5, 0.6) is 0 Å². The maximum atomic E-state index is 5.86. The van der Waals surface area contributed by atoms with E-state index in [4.69, 9.17) is 5.73 Å². The molecule has 0 aliphatic heterocycles. The number of nitrogens with one attached hydrogen (secondary N) is 1. The van der Waals surface area contributed by atoms with Crippen molar-refractivity contribution in [3.05, 3.63) is 11.1 Å². The zero-order chi connectivity index (χ0) is 9.97. The Kier molecular flexibility index (Phi) is 3.03. The third kappa shape index (κ3) is 2.45. The summed E-state index contributed by atoms with van der Waals surface area (Å²) in [6.07, 6.45) is 3.61. The molecule has 4 heteroatoms. The molecule has 0 aromatic carbocycles. The lowest BCUT2D eigenvalue weighted by atomic mass is 10.1. The normalized spacial score (nSPS) is 26.7. The molecule has 0 spiro atoms. The van der Waals surface area contributed by atoms with E-state index in [2.05, 4.69) is 15.7 Å². The maximum absolute atomic E-state index is 5.86. The Hall–Kier alpha value is -0.610. The molecular weight excluding hydrogens is 194 g/mol. The topological polar surface area (TPSA) is 50.9 Å². The maximum Gasteiger partial charge on any atom is 0.182 e. The van der Waals surface area contributed by atoms with Crippen LogP contribution in [0.1, 0.15) is 25.0 Å². The molecule has 1 heterocycles. The van der Waals surface area contributed by atoms with E-state index in [1.807, 2.05) is 6.92 Å². The van der Waals surface area contributed by atoms with E-state index in [0.717, 1.165) is 29.7 Å². The second kappa shape index (κ2) is 4.28. The summed E-state index contributed by atoms with van der Waals surface area (Å²) in [5.41, 5.74) is 6.96. The lowest BCUT2D eigenvalue weighted by Crippen LogP contribution is -2.17. The van der Waals surface area contributed by atoms with Crippen molar-refractivity contribution in [2.75, 3.05) is 11.9 Å². The summed E-state index contributed by atoms with van der Waals surface area (Å²) in [6.45, 7) is 3.05. The summed E-state index contributed by atoms with van der Waals surface area (Å²) in [6, 6.07) is 0.430. The summed E-state index contributed by atoms with van der Waals surface area (Å²) in [5, 5.41) is 6.50. The van der Waals surface area contributed by atoms with Crippen molar-refractivity contribution < 1.29 is 0 Å². The molecule has 1 aromatic rings. The van der Waals surface area contributed by atoms with Crippen LogP contribution >= 0.6 is 11.3 Å². The Morgan fingerprint density at radius 2 is 2.50 bits per heavy atom. The molecule has 78 valence electrons. The smallest absolute Gasteiger partial charge is 0.182 e. The standard InChI is InChI=1S/C10H17N3S/c1-7-6-14-10(13-7)12-5-8-2-3-9(11)4-8/h6,8-9H,2-5,11H2,1H3,(H,12,13). The van der Waals surface area contributed by atoms with Crippen molar-refractivity contribution in [1.82, 2.24) is 4.98 Å². The number of nitrogens with two attached hydrogens (primary N) is 1. The molecule has 3 N–H and O–H groups in total. The van der Waals surface area contributed by atoms with Crippen LogP contribution in [0.3, 0.4) is 0 Å². The summed E-state index contributed by atoms with van der Waals surface area (Å²) >= 11 is 1.68. The summed E-state index contributed by atoms with van der Waals surface area (Å²) in [7, 11) is 0. The highest BCUT2D eigenvalue weighted by atomic mass is 32.1. The number of aryl methyl sites for hydroxylation is 1. The fourth-order valence-electron chi connectivity index (χ4n) is 1.97. The van der Waals surface area contributed by atoms with Gasteiger partial charge >= 0.3 is 0 Å². The van der Waals surface area contributed by atoms with Gasteiger partial charge in [-0.2, -0.15) is 0 Å². The van der Waals surface area contributed by atoms with Crippen molar-refractivity contribution in [3.63, 3.8) is 0 Å². The van der Waals surface area contributed by atoms with Gasteiger partial charge in [-0.15, -0.1) is 11.3 Å². The lowest BCUT2D eigenvalue weighted by molar-refractivity contribution is 0.565. The Morgan fingerprint density at radius 3 is 3.07 bits per heavy atom. The molecule has 2 atom stereocenters. The minimum absolute atomic E-state index is 0.430. The Morgan fingerprint density at radius 1 is 1.64 bits per heavy atom. The van der Waals surface area contributed by atoms with Gasteiger partial charge in [-0.3, -0.25) is 0 Å². The first-order valence-corrected chi connectivity index (χ1v) is 6.03. The largest absolute Gasteiger partial charge is 0.361 e. The van der Waals surface area contributed by atoms with E-state index >= 15 is 0 Å². The first kappa shape index (κ1) is 9.93. The predicted molar refractivity (Wildman–Crippen MR) is 60.7 cm³/mol. The van der Waals surface area contributed by atoms with Gasteiger partial charge in [0.15, 0.2) is 5.13 Å². The van der Waals surface area contributed by atoms with Gasteiger partial charge in [-0.25, -0.2) is 4.98 Å². The van der Waals surface area contributed by atoms with E-state index in [-0.39, 0.29) is 0 Å². The molecule has 1 aliphatic rings. The van der Waals surface area contributed by atoms with Gasteiger partial charge in [0, 0.05) is 18.0 Å². The van der Waals surface area contributed by atoms with Gasteiger partial charge in [-0.1, -0.05) is 0 Å². The van der Waals surface area contributed by atoms with Crippen molar-refractivity contribution in [3.8, 4) is 0 Å². The number of thiazole rings is 1. The quantitative estimate of drug-likeness (QED) is 0.804. The van der Waals surface area contributed by atoms with E-state index in [1.54, 1.807) is 11.3 Å². The number of aromatic nitrogens is 1. The van der Waals surface area contributed by atoms with Gasteiger partial charge in [0.25, 0.3) is 0 Å². The molecule has 1 aromatic heterocycles. The minimum Gasteiger partial charge on any atom is -0.361 e. The van der Waals surface area contributed by atoms with Crippen LogP contribution in [0.15, 0.2) is 5.38 Å². The Balaban J connectivity index is 1.77. The molecule has 0 bridgehead atoms. The zero-order valence-electron chi connectivity index (χ0n) is 8.49. The van der Waals surface area contributed by atoms with Crippen LogP contribution in [0, 0.1) is 12.8 Å². The number of nitrogens with zero attached hydrogens (tertiary/aromatic N) is 1. The van der Waals surface area contributed by atoms with Gasteiger partial charge in [0.1, 0.15) is 0 Å². The van der Waals surface area contributed by atoms with E-state index in [1.165, 1.54) is 12.8 Å². The molecule has 0 saturated heterocycles. The first-order valence-electron chi connectivity index (χ1n) is 5.15. The Labute approximate surface area is 88.7 Å². The molecule has 0 radical (unpaired) electrons. The molecule has 0 amide bonds. The lowest BCUT2D eigenvalue weighted by Gasteiger charge is -2.09. The molecule has 2 rings (SSSR count). The predicted octanol–water partition coefficient (Wildman–Crippen LogP) is 1.99. The molecule has 1 aliphatic carbocycles.